The molecular formula is C26H26N4O4. The number of rotatable bonds is 5. The Morgan fingerprint density at radius 2 is 2.00 bits per heavy atom. The topological polar surface area (TPSA) is 110 Å². The molecule has 0 spiro atoms. The first-order chi connectivity index (χ1) is 16.5. The van der Waals surface area contributed by atoms with E-state index in [2.05, 4.69) is 22.1 Å². The van der Waals surface area contributed by atoms with E-state index >= 15 is 0 Å². The number of aliphatic hydroxyl groups excluding tert-OH is 2. The molecule has 3 fully saturated rings. The highest BCUT2D eigenvalue weighted by atomic mass is 16.5. The number of ether oxygens (including phenoxy) is 1. The second-order valence-corrected chi connectivity index (χ2v) is 9.39. The Balaban J connectivity index is 1.42. The highest BCUT2D eigenvalue weighted by Gasteiger charge is 2.76. The Hall–Kier alpha value is -3.41. The molecule has 3 N–H and O–H groups in total. The van der Waals surface area contributed by atoms with Gasteiger partial charge in [-0.25, -0.2) is 9.97 Å². The van der Waals surface area contributed by atoms with Crippen molar-refractivity contribution in [1.29, 1.82) is 0 Å². The summed E-state index contributed by atoms with van der Waals surface area (Å²) in [7, 11) is 0. The third-order valence-corrected chi connectivity index (χ3v) is 7.23. The molecule has 34 heavy (non-hydrogen) atoms. The van der Waals surface area contributed by atoms with Crippen molar-refractivity contribution in [2.45, 2.75) is 50.5 Å². The minimum Gasteiger partial charge on any atom is -0.465 e. The highest BCUT2D eigenvalue weighted by Crippen LogP contribution is 2.68. The zero-order chi connectivity index (χ0) is 23.4. The summed E-state index contributed by atoms with van der Waals surface area (Å²) in [4.78, 5) is 22.0. The van der Waals surface area contributed by atoms with E-state index in [0.717, 1.165) is 23.8 Å². The smallest absolute Gasteiger partial charge is 0.315 e. The number of anilines is 1. The van der Waals surface area contributed by atoms with E-state index in [1.165, 1.54) is 0 Å². The predicted octanol–water partition coefficient (Wildman–Crippen LogP) is 2.25. The average molecular weight is 459 g/mol. The SMILES string of the molecule is CCOC(=O)[C@]12C[C@@H]1[C@@H](n1ccc3c(NC4CC4)nc(C#Cc4ccccc4)nc31)[C@H](O)[C@@H]2O. The van der Waals surface area contributed by atoms with E-state index in [-0.39, 0.29) is 12.5 Å². The summed E-state index contributed by atoms with van der Waals surface area (Å²) in [5, 5.41) is 26.1. The summed E-state index contributed by atoms with van der Waals surface area (Å²) in [5.74, 6) is 6.60. The molecule has 5 atom stereocenters. The van der Waals surface area contributed by atoms with Crippen LogP contribution in [0.25, 0.3) is 11.0 Å². The molecule has 6 rings (SSSR count). The maximum atomic E-state index is 12.6. The molecule has 174 valence electrons. The monoisotopic (exact) mass is 458 g/mol. The van der Waals surface area contributed by atoms with Gasteiger partial charge in [0.25, 0.3) is 0 Å². The number of aliphatic hydroxyl groups is 2. The van der Waals surface area contributed by atoms with Gasteiger partial charge >= 0.3 is 5.97 Å². The van der Waals surface area contributed by atoms with Gasteiger partial charge in [0, 0.05) is 23.7 Å². The van der Waals surface area contributed by atoms with Crippen molar-refractivity contribution < 1.29 is 19.7 Å². The molecular weight excluding hydrogens is 432 g/mol. The number of nitrogens with zero attached hydrogens (tertiary/aromatic N) is 3. The number of esters is 1. The van der Waals surface area contributed by atoms with Crippen molar-refractivity contribution in [1.82, 2.24) is 14.5 Å². The first-order valence-electron chi connectivity index (χ1n) is 11.8. The van der Waals surface area contributed by atoms with Crippen LogP contribution in [0.5, 0.6) is 0 Å². The van der Waals surface area contributed by atoms with Gasteiger partial charge < -0.3 is 24.8 Å². The number of aromatic nitrogens is 3. The molecule has 2 heterocycles. The molecule has 3 aromatic rings. The van der Waals surface area contributed by atoms with Gasteiger partial charge in [0.1, 0.15) is 23.0 Å². The van der Waals surface area contributed by atoms with Crippen LogP contribution in [0.2, 0.25) is 0 Å². The minimum absolute atomic E-state index is 0.221. The van der Waals surface area contributed by atoms with Crippen LogP contribution in [-0.4, -0.2) is 55.6 Å². The molecule has 0 bridgehead atoms. The molecule has 0 radical (unpaired) electrons. The van der Waals surface area contributed by atoms with Crippen molar-refractivity contribution in [3.63, 3.8) is 0 Å². The number of fused-ring (bicyclic) bond motifs is 2. The summed E-state index contributed by atoms with van der Waals surface area (Å²) < 4.78 is 7.10. The van der Waals surface area contributed by atoms with Crippen molar-refractivity contribution in [2.75, 3.05) is 11.9 Å². The van der Waals surface area contributed by atoms with Crippen LogP contribution < -0.4 is 5.32 Å². The maximum Gasteiger partial charge on any atom is 0.315 e. The van der Waals surface area contributed by atoms with E-state index < -0.39 is 29.6 Å². The molecule has 0 amide bonds. The standard InChI is InChI=1S/C26H26N4O4/c1-2-34-25(33)26-14-18(26)20(21(31)22(26)32)30-13-12-17-23(27-16-9-10-16)28-19(29-24(17)30)11-8-15-6-4-3-5-7-15/h3-7,12-13,16,18,20-22,31-32H,2,9-10,14H2,1H3,(H,27,28,29)/t18-,20-,21+,22+,26-/m1/s1. The lowest BCUT2D eigenvalue weighted by atomic mass is 9.99. The van der Waals surface area contributed by atoms with Crippen LogP contribution in [0, 0.1) is 23.2 Å². The number of nitrogens with one attached hydrogen (secondary N) is 1. The van der Waals surface area contributed by atoms with Crippen LogP contribution in [0.3, 0.4) is 0 Å². The van der Waals surface area contributed by atoms with E-state index in [9.17, 15) is 15.0 Å². The zero-order valence-corrected chi connectivity index (χ0v) is 18.8. The van der Waals surface area contributed by atoms with Crippen molar-refractivity contribution >= 4 is 22.8 Å². The van der Waals surface area contributed by atoms with Crippen LogP contribution in [0.15, 0.2) is 42.6 Å². The van der Waals surface area contributed by atoms with Gasteiger partial charge in [0.2, 0.25) is 5.82 Å². The predicted molar refractivity (Wildman–Crippen MR) is 125 cm³/mol. The fourth-order valence-electron chi connectivity index (χ4n) is 5.29. The van der Waals surface area contributed by atoms with Crippen molar-refractivity contribution in [3.8, 4) is 11.8 Å². The third-order valence-electron chi connectivity index (χ3n) is 7.23. The molecule has 0 aliphatic heterocycles. The normalized spacial score (nSPS) is 29.3. The van der Waals surface area contributed by atoms with Gasteiger partial charge in [-0.3, -0.25) is 4.79 Å². The quantitative estimate of drug-likeness (QED) is 0.397. The minimum atomic E-state index is -1.18. The van der Waals surface area contributed by atoms with E-state index in [1.807, 2.05) is 47.2 Å². The molecule has 0 saturated heterocycles. The zero-order valence-electron chi connectivity index (χ0n) is 18.8. The van der Waals surface area contributed by atoms with Crippen LogP contribution in [0.1, 0.15) is 43.6 Å². The van der Waals surface area contributed by atoms with Gasteiger partial charge in [-0.05, 0) is 50.3 Å². The Morgan fingerprint density at radius 1 is 1.21 bits per heavy atom. The Kier molecular flexibility index (Phi) is 4.87. The molecule has 0 unspecified atom stereocenters. The second-order valence-electron chi connectivity index (χ2n) is 9.39. The van der Waals surface area contributed by atoms with Crippen LogP contribution >= 0.6 is 0 Å². The summed E-state index contributed by atoms with van der Waals surface area (Å²) in [6, 6.07) is 11.5. The second kappa shape index (κ2) is 7.83. The number of hydrogen-bond acceptors (Lipinski definition) is 7. The van der Waals surface area contributed by atoms with Gasteiger partial charge in [-0.2, -0.15) is 0 Å². The van der Waals surface area contributed by atoms with Crippen LogP contribution in [0.4, 0.5) is 5.82 Å². The summed E-state index contributed by atoms with van der Waals surface area (Å²) in [6.07, 6.45) is 2.23. The van der Waals surface area contributed by atoms with Crippen LogP contribution in [-0.2, 0) is 9.53 Å². The van der Waals surface area contributed by atoms with E-state index in [4.69, 9.17) is 9.72 Å². The summed E-state index contributed by atoms with van der Waals surface area (Å²) in [5.41, 5.74) is 0.442. The third kappa shape index (κ3) is 3.27. The maximum absolute atomic E-state index is 12.6. The fourth-order valence-corrected chi connectivity index (χ4v) is 5.29. The first kappa shape index (κ1) is 21.1. The highest BCUT2D eigenvalue weighted by molar-refractivity contribution is 5.89. The van der Waals surface area contributed by atoms with Gasteiger partial charge in [-0.1, -0.05) is 24.1 Å². The lowest BCUT2D eigenvalue weighted by Gasteiger charge is -2.24. The number of carbonyl (C=O) groups excluding carboxylic acids is 1. The Labute approximate surface area is 197 Å². The Bertz CT molecular complexity index is 1320. The van der Waals surface area contributed by atoms with Crippen molar-refractivity contribution in [2.24, 2.45) is 11.3 Å². The number of carbonyl (C=O) groups is 1. The summed E-state index contributed by atoms with van der Waals surface area (Å²) >= 11 is 0. The lowest BCUT2D eigenvalue weighted by Crippen LogP contribution is -2.38. The molecule has 8 nitrogen and oxygen atoms in total. The van der Waals surface area contributed by atoms with Gasteiger partial charge in [-0.15, -0.1) is 0 Å². The molecule has 3 aliphatic rings. The lowest BCUT2D eigenvalue weighted by molar-refractivity contribution is -0.156. The average Bonchev–Trinajstić information content (AvgIpc) is 3.74. The molecule has 8 heteroatoms. The van der Waals surface area contributed by atoms with E-state index in [0.29, 0.717) is 29.8 Å². The number of hydrogen-bond donors (Lipinski definition) is 3. The number of benzene rings is 1. The molecule has 2 aromatic heterocycles. The van der Waals surface area contributed by atoms with Crippen molar-refractivity contribution in [3.05, 3.63) is 54.0 Å². The molecule has 3 saturated carbocycles. The largest absolute Gasteiger partial charge is 0.465 e. The molecule has 3 aliphatic carbocycles. The fraction of sp³-hybridized carbons (Fsp3) is 0.423. The molecule has 1 aromatic carbocycles. The van der Waals surface area contributed by atoms with Gasteiger partial charge in [0.15, 0.2) is 0 Å². The summed E-state index contributed by atoms with van der Waals surface area (Å²) in [6.45, 7) is 1.98. The Morgan fingerprint density at radius 3 is 2.74 bits per heavy atom. The first-order valence-corrected chi connectivity index (χ1v) is 11.8. The van der Waals surface area contributed by atoms with Gasteiger partial charge in [0.05, 0.1) is 24.1 Å². The van der Waals surface area contributed by atoms with E-state index in [1.54, 1.807) is 6.92 Å².